The molecule has 29 heavy (non-hydrogen) atoms. The Balaban J connectivity index is 1.96. The third-order valence-corrected chi connectivity index (χ3v) is 11.0. The van der Waals surface area contributed by atoms with Crippen LogP contribution in [0.3, 0.4) is 0 Å². The topological polar surface area (TPSA) is 54.0 Å². The molecule has 0 radical (unpaired) electrons. The van der Waals surface area contributed by atoms with Gasteiger partial charge in [0.2, 0.25) is 0 Å². The van der Waals surface area contributed by atoms with E-state index in [1.54, 1.807) is 7.11 Å². The van der Waals surface area contributed by atoms with Gasteiger partial charge in [-0.25, -0.2) is 0 Å². The summed E-state index contributed by atoms with van der Waals surface area (Å²) in [5.41, 5.74) is 1.11. The average Bonchev–Trinajstić information content (AvgIpc) is 2.67. The molecular weight excluding hydrogens is 384 g/mol. The van der Waals surface area contributed by atoms with Gasteiger partial charge in [0, 0.05) is 12.5 Å². The lowest BCUT2D eigenvalue weighted by molar-refractivity contribution is -0.193. The Morgan fingerprint density at radius 1 is 1.17 bits per heavy atom. The average molecular weight is 423 g/mol. The Morgan fingerprint density at radius 2 is 1.79 bits per heavy atom. The fourth-order valence-corrected chi connectivity index (χ4v) is 4.72. The standard InChI is InChI=1S/C23H38O5Si/c1-16(21-17(2)22(24)27-21)20(28-29(7,8)23(3,4)5)13-14-26-15-18-9-11-19(25-6)12-10-18/h9-12,16-17,20-21H,13-15H2,1-8H3/t16-,17+,20+,21-/m0/s1. The normalized spacial score (nSPS) is 21.9. The molecule has 5 nitrogen and oxygen atoms in total. The Hall–Kier alpha value is -1.37. The summed E-state index contributed by atoms with van der Waals surface area (Å²) in [6, 6.07) is 7.91. The fraction of sp³-hybridized carbons (Fsp3) is 0.696. The van der Waals surface area contributed by atoms with Gasteiger partial charge in [0.1, 0.15) is 11.9 Å². The number of carbonyl (C=O) groups is 1. The van der Waals surface area contributed by atoms with E-state index in [-0.39, 0.29) is 35.1 Å². The van der Waals surface area contributed by atoms with Crippen LogP contribution in [0.25, 0.3) is 0 Å². The first-order valence-electron chi connectivity index (χ1n) is 10.6. The van der Waals surface area contributed by atoms with Gasteiger partial charge in [-0.05, 0) is 49.2 Å². The summed E-state index contributed by atoms with van der Waals surface area (Å²) in [6.45, 7) is 16.5. The van der Waals surface area contributed by atoms with E-state index < -0.39 is 8.32 Å². The van der Waals surface area contributed by atoms with Crippen LogP contribution in [0, 0.1) is 11.8 Å². The second kappa shape index (κ2) is 9.62. The molecule has 1 aliphatic heterocycles. The predicted molar refractivity (Wildman–Crippen MR) is 118 cm³/mol. The van der Waals surface area contributed by atoms with Crippen LogP contribution in [0.2, 0.25) is 18.1 Å². The van der Waals surface area contributed by atoms with Crippen LogP contribution < -0.4 is 4.74 Å². The van der Waals surface area contributed by atoms with Crippen molar-refractivity contribution in [2.24, 2.45) is 11.8 Å². The molecule has 6 heteroatoms. The molecule has 0 amide bonds. The molecule has 164 valence electrons. The van der Waals surface area contributed by atoms with E-state index in [1.807, 2.05) is 31.2 Å². The summed E-state index contributed by atoms with van der Waals surface area (Å²) < 4.78 is 23.3. The highest BCUT2D eigenvalue weighted by Gasteiger charge is 2.47. The Labute approximate surface area is 177 Å². The van der Waals surface area contributed by atoms with Crippen molar-refractivity contribution in [1.82, 2.24) is 0 Å². The first kappa shape index (κ1) is 23.9. The van der Waals surface area contributed by atoms with E-state index in [0.717, 1.165) is 17.7 Å². The maximum absolute atomic E-state index is 11.6. The molecule has 1 aliphatic rings. The van der Waals surface area contributed by atoms with Crippen LogP contribution in [0.15, 0.2) is 24.3 Å². The maximum Gasteiger partial charge on any atom is 0.312 e. The number of hydrogen-bond donors (Lipinski definition) is 0. The summed E-state index contributed by atoms with van der Waals surface area (Å²) in [6.07, 6.45) is 0.719. The first-order chi connectivity index (χ1) is 13.5. The van der Waals surface area contributed by atoms with E-state index in [4.69, 9.17) is 18.6 Å². The van der Waals surface area contributed by atoms with Gasteiger partial charge in [-0.2, -0.15) is 0 Å². The molecule has 2 rings (SSSR count). The minimum absolute atomic E-state index is 0.00677. The van der Waals surface area contributed by atoms with E-state index in [0.29, 0.717) is 13.2 Å². The van der Waals surface area contributed by atoms with Gasteiger partial charge in [0.15, 0.2) is 8.32 Å². The second-order valence-electron chi connectivity index (χ2n) is 9.66. The maximum atomic E-state index is 11.6. The highest BCUT2D eigenvalue weighted by atomic mass is 28.4. The summed E-state index contributed by atoms with van der Waals surface area (Å²) in [4.78, 5) is 11.6. The molecule has 1 heterocycles. The molecule has 0 saturated carbocycles. The SMILES string of the molecule is COc1ccc(COCC[C@@H](O[Si](C)(C)C(C)(C)C)[C@H](C)[C@@H]2OC(=O)[C@@H]2C)cc1. The quantitative estimate of drug-likeness (QED) is 0.295. The fourth-order valence-electron chi connectivity index (χ4n) is 3.28. The number of rotatable bonds is 10. The van der Waals surface area contributed by atoms with E-state index in [2.05, 4.69) is 40.8 Å². The van der Waals surface area contributed by atoms with Crippen molar-refractivity contribution in [3.63, 3.8) is 0 Å². The highest BCUT2D eigenvalue weighted by Crippen LogP contribution is 2.40. The summed E-state index contributed by atoms with van der Waals surface area (Å²) in [5.74, 6) is 0.815. The number of cyclic esters (lactones) is 1. The number of carbonyl (C=O) groups excluding carboxylic acids is 1. The van der Waals surface area contributed by atoms with Gasteiger partial charge in [0.05, 0.1) is 25.7 Å². The minimum atomic E-state index is -1.95. The summed E-state index contributed by atoms with van der Waals surface area (Å²) in [5, 5.41) is 0.122. The van der Waals surface area contributed by atoms with Crippen LogP contribution in [-0.4, -0.2) is 40.2 Å². The van der Waals surface area contributed by atoms with Crippen LogP contribution >= 0.6 is 0 Å². The molecular formula is C23H38O5Si. The molecule has 0 unspecified atom stereocenters. The van der Waals surface area contributed by atoms with Crippen LogP contribution in [0.4, 0.5) is 0 Å². The van der Waals surface area contributed by atoms with Gasteiger partial charge in [-0.3, -0.25) is 4.79 Å². The zero-order valence-corrected chi connectivity index (χ0v) is 20.3. The molecule has 0 bridgehead atoms. The van der Waals surface area contributed by atoms with E-state index >= 15 is 0 Å². The van der Waals surface area contributed by atoms with Crippen LogP contribution in [0.1, 0.15) is 46.6 Å². The largest absolute Gasteiger partial charge is 0.497 e. The van der Waals surface area contributed by atoms with Crippen molar-refractivity contribution in [3.05, 3.63) is 29.8 Å². The van der Waals surface area contributed by atoms with Crippen molar-refractivity contribution < 1.29 is 23.4 Å². The monoisotopic (exact) mass is 422 g/mol. The molecule has 1 aromatic rings. The lowest BCUT2D eigenvalue weighted by Gasteiger charge is -2.45. The first-order valence-corrected chi connectivity index (χ1v) is 13.5. The van der Waals surface area contributed by atoms with Gasteiger partial charge >= 0.3 is 5.97 Å². The summed E-state index contributed by atoms with van der Waals surface area (Å²) in [7, 11) is -0.287. The van der Waals surface area contributed by atoms with Gasteiger partial charge in [0.25, 0.3) is 0 Å². The molecule has 0 N–H and O–H groups in total. The number of hydrogen-bond acceptors (Lipinski definition) is 5. The van der Waals surface area contributed by atoms with Crippen molar-refractivity contribution in [2.45, 2.75) is 78.0 Å². The smallest absolute Gasteiger partial charge is 0.312 e. The van der Waals surface area contributed by atoms with E-state index in [1.165, 1.54) is 0 Å². The highest BCUT2D eigenvalue weighted by molar-refractivity contribution is 6.74. The molecule has 4 atom stereocenters. The summed E-state index contributed by atoms with van der Waals surface area (Å²) >= 11 is 0. The molecule has 1 aromatic carbocycles. The Morgan fingerprint density at radius 3 is 2.28 bits per heavy atom. The minimum Gasteiger partial charge on any atom is -0.497 e. The molecule has 0 aromatic heterocycles. The molecule has 1 saturated heterocycles. The number of esters is 1. The predicted octanol–water partition coefficient (Wildman–Crippen LogP) is 5.19. The Bertz CT molecular complexity index is 665. The van der Waals surface area contributed by atoms with Crippen LogP contribution in [-0.2, 0) is 25.3 Å². The zero-order valence-electron chi connectivity index (χ0n) is 19.3. The van der Waals surface area contributed by atoms with Crippen molar-refractivity contribution >= 4 is 14.3 Å². The van der Waals surface area contributed by atoms with E-state index in [9.17, 15) is 4.79 Å². The Kier molecular flexibility index (Phi) is 7.93. The third-order valence-electron chi connectivity index (χ3n) is 6.45. The zero-order chi connectivity index (χ0) is 21.8. The number of methoxy groups -OCH3 is 1. The number of benzene rings is 1. The lowest BCUT2D eigenvalue weighted by atomic mass is 9.84. The third kappa shape index (κ3) is 6.06. The second-order valence-corrected chi connectivity index (χ2v) is 14.4. The molecule has 0 aliphatic carbocycles. The van der Waals surface area contributed by atoms with Gasteiger partial charge in [-0.15, -0.1) is 0 Å². The molecule has 1 fully saturated rings. The van der Waals surface area contributed by atoms with Gasteiger partial charge in [-0.1, -0.05) is 39.8 Å². The molecule has 0 spiro atoms. The van der Waals surface area contributed by atoms with Crippen molar-refractivity contribution in [2.75, 3.05) is 13.7 Å². The van der Waals surface area contributed by atoms with Crippen LogP contribution in [0.5, 0.6) is 5.75 Å². The van der Waals surface area contributed by atoms with Gasteiger partial charge < -0.3 is 18.6 Å². The number of ether oxygens (including phenoxy) is 3. The van der Waals surface area contributed by atoms with Crippen molar-refractivity contribution in [3.8, 4) is 5.75 Å². The van der Waals surface area contributed by atoms with Crippen molar-refractivity contribution in [1.29, 1.82) is 0 Å². The lowest BCUT2D eigenvalue weighted by Crippen LogP contribution is -2.53.